The number of carbonyl (C=O) groups is 3. The van der Waals surface area contributed by atoms with E-state index >= 15 is 0 Å². The molecule has 0 spiro atoms. The molecule has 7 heteroatoms. The van der Waals surface area contributed by atoms with Crippen molar-refractivity contribution in [1.29, 1.82) is 0 Å². The van der Waals surface area contributed by atoms with Crippen molar-refractivity contribution in [3.8, 4) is 0 Å². The second-order valence-corrected chi connectivity index (χ2v) is 3.39. The zero-order valence-corrected chi connectivity index (χ0v) is 9.21. The second-order valence-electron chi connectivity index (χ2n) is 3.39. The van der Waals surface area contributed by atoms with Crippen molar-refractivity contribution in [2.75, 3.05) is 26.2 Å². The van der Waals surface area contributed by atoms with E-state index in [1.54, 1.807) is 0 Å². The second kappa shape index (κ2) is 5.94. The van der Waals surface area contributed by atoms with E-state index in [1.165, 1.54) is 0 Å². The number of amides is 5. The van der Waals surface area contributed by atoms with Crippen LogP contribution in [-0.2, 0) is 4.79 Å². The highest BCUT2D eigenvalue weighted by Gasteiger charge is 2.27. The van der Waals surface area contributed by atoms with Crippen LogP contribution in [0.5, 0.6) is 0 Å². The first kappa shape index (κ1) is 12.3. The summed E-state index contributed by atoms with van der Waals surface area (Å²) in [4.78, 5) is 34.4. The third kappa shape index (κ3) is 3.41. The Morgan fingerprint density at radius 3 is 2.62 bits per heavy atom. The fourth-order valence-electron chi connectivity index (χ4n) is 1.26. The first-order valence-corrected chi connectivity index (χ1v) is 5.25. The number of imide groups is 1. The number of nitrogens with one attached hydrogen (secondary N) is 3. The van der Waals surface area contributed by atoms with Gasteiger partial charge in [0.15, 0.2) is 0 Å². The van der Waals surface area contributed by atoms with Gasteiger partial charge >= 0.3 is 12.1 Å². The van der Waals surface area contributed by atoms with Gasteiger partial charge in [-0.3, -0.25) is 9.69 Å². The first-order chi connectivity index (χ1) is 7.65. The van der Waals surface area contributed by atoms with Gasteiger partial charge in [0.1, 0.15) is 0 Å². The minimum absolute atomic E-state index is 0.0425. The number of hydrogen-bond acceptors (Lipinski definition) is 3. The molecule has 90 valence electrons. The van der Waals surface area contributed by atoms with Crippen LogP contribution in [0.3, 0.4) is 0 Å². The zero-order valence-electron chi connectivity index (χ0n) is 9.21. The summed E-state index contributed by atoms with van der Waals surface area (Å²) in [5.74, 6) is -0.263. The summed E-state index contributed by atoms with van der Waals surface area (Å²) in [6.45, 7) is 3.06. The number of urea groups is 2. The lowest BCUT2D eigenvalue weighted by atomic mass is 10.5. The quantitative estimate of drug-likeness (QED) is 0.541. The van der Waals surface area contributed by atoms with Crippen molar-refractivity contribution in [2.45, 2.75) is 13.3 Å². The van der Waals surface area contributed by atoms with Crippen LogP contribution in [0, 0.1) is 0 Å². The van der Waals surface area contributed by atoms with Gasteiger partial charge in [-0.1, -0.05) is 6.92 Å². The molecule has 0 bridgehead atoms. The molecule has 0 radical (unpaired) electrons. The third-order valence-electron chi connectivity index (χ3n) is 2.09. The summed E-state index contributed by atoms with van der Waals surface area (Å²) >= 11 is 0. The summed E-state index contributed by atoms with van der Waals surface area (Å²) in [6.07, 6.45) is 0.862. The SMILES string of the molecule is CCCNC(=O)NCCN1C(=O)CNC1=O. The molecule has 1 rings (SSSR count). The Hall–Kier alpha value is -1.79. The van der Waals surface area contributed by atoms with Crippen molar-refractivity contribution in [2.24, 2.45) is 0 Å². The number of carbonyl (C=O) groups excluding carboxylic acids is 3. The lowest BCUT2D eigenvalue weighted by Gasteiger charge is -2.12. The van der Waals surface area contributed by atoms with E-state index in [0.29, 0.717) is 6.54 Å². The van der Waals surface area contributed by atoms with Crippen molar-refractivity contribution in [3.63, 3.8) is 0 Å². The van der Waals surface area contributed by atoms with Crippen LogP contribution in [0.4, 0.5) is 9.59 Å². The summed E-state index contributed by atoms with van der Waals surface area (Å²) in [6, 6.07) is -0.685. The Kier molecular flexibility index (Phi) is 4.56. The van der Waals surface area contributed by atoms with Gasteiger partial charge in [-0.2, -0.15) is 0 Å². The lowest BCUT2D eigenvalue weighted by molar-refractivity contribution is -0.124. The van der Waals surface area contributed by atoms with Gasteiger partial charge in [-0.15, -0.1) is 0 Å². The monoisotopic (exact) mass is 228 g/mol. The summed E-state index contributed by atoms with van der Waals surface area (Å²) in [7, 11) is 0. The van der Waals surface area contributed by atoms with Crippen molar-refractivity contribution < 1.29 is 14.4 Å². The van der Waals surface area contributed by atoms with Crippen LogP contribution in [0.1, 0.15) is 13.3 Å². The van der Waals surface area contributed by atoms with E-state index in [0.717, 1.165) is 11.3 Å². The highest BCUT2D eigenvalue weighted by atomic mass is 16.2. The van der Waals surface area contributed by atoms with Crippen LogP contribution >= 0.6 is 0 Å². The molecular formula is C9H16N4O3. The highest BCUT2D eigenvalue weighted by molar-refractivity contribution is 6.01. The Morgan fingerprint density at radius 2 is 2.06 bits per heavy atom. The summed E-state index contributed by atoms with van der Waals surface area (Å²) in [5.41, 5.74) is 0. The van der Waals surface area contributed by atoms with Gasteiger partial charge in [0.25, 0.3) is 0 Å². The van der Waals surface area contributed by atoms with Crippen LogP contribution in [0.2, 0.25) is 0 Å². The van der Waals surface area contributed by atoms with Crippen LogP contribution in [0.25, 0.3) is 0 Å². The van der Waals surface area contributed by atoms with E-state index in [2.05, 4.69) is 16.0 Å². The van der Waals surface area contributed by atoms with E-state index < -0.39 is 6.03 Å². The number of rotatable bonds is 5. The highest BCUT2D eigenvalue weighted by Crippen LogP contribution is 1.96. The topological polar surface area (TPSA) is 90.5 Å². The molecule has 0 aromatic carbocycles. The van der Waals surface area contributed by atoms with E-state index in [1.807, 2.05) is 6.92 Å². The third-order valence-corrected chi connectivity index (χ3v) is 2.09. The normalized spacial score (nSPS) is 14.9. The fraction of sp³-hybridized carbons (Fsp3) is 0.667. The molecule has 0 aromatic heterocycles. The molecule has 1 aliphatic heterocycles. The Labute approximate surface area is 93.5 Å². The number of hydrogen-bond donors (Lipinski definition) is 3. The van der Waals surface area contributed by atoms with Crippen molar-refractivity contribution in [1.82, 2.24) is 20.9 Å². The Balaban J connectivity index is 2.17. The average Bonchev–Trinajstić information content (AvgIpc) is 2.57. The van der Waals surface area contributed by atoms with Gasteiger partial charge in [0.2, 0.25) is 5.91 Å². The maximum absolute atomic E-state index is 11.1. The molecule has 1 aliphatic rings. The lowest BCUT2D eigenvalue weighted by Crippen LogP contribution is -2.42. The maximum atomic E-state index is 11.1. The summed E-state index contributed by atoms with van der Waals surface area (Å²) in [5, 5.41) is 7.59. The van der Waals surface area contributed by atoms with E-state index in [9.17, 15) is 14.4 Å². The molecule has 1 fully saturated rings. The van der Waals surface area contributed by atoms with Gasteiger partial charge in [0.05, 0.1) is 6.54 Å². The Bertz CT molecular complexity index is 276. The van der Waals surface area contributed by atoms with E-state index in [-0.39, 0.29) is 31.6 Å². The van der Waals surface area contributed by atoms with Crippen LogP contribution in [0.15, 0.2) is 0 Å². The van der Waals surface area contributed by atoms with E-state index in [4.69, 9.17) is 0 Å². The molecule has 0 aromatic rings. The molecule has 1 saturated heterocycles. The predicted octanol–water partition coefficient (Wildman–Crippen LogP) is -0.753. The average molecular weight is 228 g/mol. The molecule has 0 aliphatic carbocycles. The van der Waals surface area contributed by atoms with Crippen molar-refractivity contribution >= 4 is 18.0 Å². The molecule has 0 saturated carbocycles. The van der Waals surface area contributed by atoms with Gasteiger partial charge < -0.3 is 16.0 Å². The fourth-order valence-corrected chi connectivity index (χ4v) is 1.26. The maximum Gasteiger partial charge on any atom is 0.324 e. The molecule has 16 heavy (non-hydrogen) atoms. The Morgan fingerprint density at radius 1 is 1.38 bits per heavy atom. The van der Waals surface area contributed by atoms with Crippen LogP contribution in [-0.4, -0.2) is 49.0 Å². The molecule has 0 atom stereocenters. The predicted molar refractivity (Wildman–Crippen MR) is 56.8 cm³/mol. The number of nitrogens with zero attached hydrogens (tertiary/aromatic N) is 1. The van der Waals surface area contributed by atoms with Crippen LogP contribution < -0.4 is 16.0 Å². The molecule has 3 N–H and O–H groups in total. The molecule has 5 amide bonds. The zero-order chi connectivity index (χ0) is 12.0. The van der Waals surface area contributed by atoms with Gasteiger partial charge in [-0.05, 0) is 6.42 Å². The molecule has 1 heterocycles. The van der Waals surface area contributed by atoms with Gasteiger partial charge in [-0.25, -0.2) is 9.59 Å². The molecule has 7 nitrogen and oxygen atoms in total. The minimum atomic E-state index is -0.402. The standard InChI is InChI=1S/C9H16N4O3/c1-2-3-10-8(15)11-4-5-13-7(14)6-12-9(13)16/h2-6H2,1H3,(H,12,16)(H2,10,11,15). The van der Waals surface area contributed by atoms with Gasteiger partial charge in [0, 0.05) is 19.6 Å². The molecular weight excluding hydrogens is 212 g/mol. The first-order valence-electron chi connectivity index (χ1n) is 5.25. The molecule has 0 unspecified atom stereocenters. The minimum Gasteiger partial charge on any atom is -0.338 e. The van der Waals surface area contributed by atoms with Crippen molar-refractivity contribution in [3.05, 3.63) is 0 Å². The summed E-state index contributed by atoms with van der Waals surface area (Å²) < 4.78 is 0. The smallest absolute Gasteiger partial charge is 0.324 e. The largest absolute Gasteiger partial charge is 0.338 e.